The largest absolute Gasteiger partial charge is 0.447 e. The molecular formula is C32H36F2N2O2S. The summed E-state index contributed by atoms with van der Waals surface area (Å²) < 4.78 is 32.2. The predicted octanol–water partition coefficient (Wildman–Crippen LogP) is 7.19. The average molecular weight is 551 g/mol. The first-order chi connectivity index (χ1) is 18.6. The molecule has 3 aromatic carbocycles. The first-order valence-electron chi connectivity index (χ1n) is 13.9. The number of piperidine rings is 1. The number of nitrogens with zero attached hydrogens (tertiary/aromatic N) is 2. The van der Waals surface area contributed by atoms with Gasteiger partial charge in [-0.3, -0.25) is 4.90 Å². The Labute approximate surface area is 236 Å². The molecule has 1 aliphatic carbocycles. The van der Waals surface area contributed by atoms with Gasteiger partial charge in [0.15, 0.2) is 11.6 Å². The maximum absolute atomic E-state index is 13.7. The molecule has 0 saturated carbocycles. The van der Waals surface area contributed by atoms with Crippen LogP contribution in [0.1, 0.15) is 61.3 Å². The summed E-state index contributed by atoms with van der Waals surface area (Å²) in [5.41, 5.74) is 6.55. The van der Waals surface area contributed by atoms with Crippen LogP contribution in [0.3, 0.4) is 0 Å². The van der Waals surface area contributed by atoms with Crippen molar-refractivity contribution in [3.8, 4) is 11.1 Å². The molecule has 1 amide bonds. The number of rotatable bonds is 8. The third-order valence-electron chi connectivity index (χ3n) is 8.81. The van der Waals surface area contributed by atoms with E-state index in [4.69, 9.17) is 4.74 Å². The van der Waals surface area contributed by atoms with Crippen molar-refractivity contribution in [1.29, 1.82) is 0 Å². The highest BCUT2D eigenvalue weighted by molar-refractivity contribution is 7.59. The van der Waals surface area contributed by atoms with Crippen molar-refractivity contribution in [2.45, 2.75) is 50.0 Å². The third kappa shape index (κ3) is 5.19. The lowest BCUT2D eigenvalue weighted by Crippen LogP contribution is -2.42. The lowest BCUT2D eigenvalue weighted by Gasteiger charge is -2.41. The van der Waals surface area contributed by atoms with Gasteiger partial charge >= 0.3 is 6.09 Å². The number of carbonyl (C=O) groups excluding carboxylic acids is 1. The molecule has 4 nitrogen and oxygen atoms in total. The molecule has 2 saturated heterocycles. The van der Waals surface area contributed by atoms with E-state index in [9.17, 15) is 13.6 Å². The first kappa shape index (κ1) is 27.7. The summed E-state index contributed by atoms with van der Waals surface area (Å²) in [5.74, 6) is -1.78. The van der Waals surface area contributed by atoms with Crippen molar-refractivity contribution in [1.82, 2.24) is 9.80 Å². The zero-order valence-electron chi connectivity index (χ0n) is 22.2. The van der Waals surface area contributed by atoms with Crippen LogP contribution in [-0.4, -0.2) is 48.7 Å². The van der Waals surface area contributed by atoms with Crippen LogP contribution in [0, 0.1) is 11.6 Å². The minimum atomic E-state index is -0.896. The summed E-state index contributed by atoms with van der Waals surface area (Å²) in [6.45, 7) is 4.06. The van der Waals surface area contributed by atoms with Gasteiger partial charge in [0.2, 0.25) is 0 Å². The van der Waals surface area contributed by atoms with Gasteiger partial charge in [-0.25, -0.2) is 13.6 Å². The summed E-state index contributed by atoms with van der Waals surface area (Å²) in [6.07, 6.45) is 6.06. The van der Waals surface area contributed by atoms with Crippen molar-refractivity contribution in [3.05, 3.63) is 95.1 Å². The molecule has 1 unspecified atom stereocenters. The maximum atomic E-state index is 13.7. The number of cyclic esters (lactones) is 1. The highest BCUT2D eigenvalue weighted by Crippen LogP contribution is 2.53. The van der Waals surface area contributed by atoms with E-state index in [0.717, 1.165) is 64.2 Å². The van der Waals surface area contributed by atoms with Gasteiger partial charge in [0.25, 0.3) is 0 Å². The predicted molar refractivity (Wildman–Crippen MR) is 154 cm³/mol. The number of halogens is 2. The van der Waals surface area contributed by atoms with Gasteiger partial charge in [-0.05, 0) is 85.3 Å². The van der Waals surface area contributed by atoms with Gasteiger partial charge in [0.1, 0.15) is 6.61 Å². The number of hydrogen-bond donors (Lipinski definition) is 0. The van der Waals surface area contributed by atoms with Crippen molar-refractivity contribution in [2.75, 3.05) is 32.8 Å². The highest BCUT2D eigenvalue weighted by atomic mass is 32.1. The molecule has 0 aromatic heterocycles. The van der Waals surface area contributed by atoms with Crippen LogP contribution in [0.5, 0.6) is 0 Å². The topological polar surface area (TPSA) is 32.8 Å². The zero-order chi connectivity index (χ0) is 26.1. The summed E-state index contributed by atoms with van der Waals surface area (Å²) >= 11 is 0. The molecule has 7 heteroatoms. The van der Waals surface area contributed by atoms with Crippen LogP contribution >= 0.6 is 13.5 Å². The van der Waals surface area contributed by atoms with E-state index in [-0.39, 0.29) is 37.7 Å². The van der Waals surface area contributed by atoms with Crippen molar-refractivity contribution in [2.24, 2.45) is 0 Å². The van der Waals surface area contributed by atoms with E-state index in [1.165, 1.54) is 34.4 Å². The van der Waals surface area contributed by atoms with E-state index >= 15 is 0 Å². The minimum absolute atomic E-state index is 0. The standard InChI is InChI=1S/C32H34F2N2O2.H2S/c33-28-14-13-23(21-29(28)34)30-22-38-31(37)36(30)18-8-2-1-7-17-35-19-15-32(16-20-35)26-11-5-3-9-24(26)25-10-4-6-12-27(25)32;/h3-6,9-14,21,30H,1-2,7-8,15-20,22H2;1H2. The van der Waals surface area contributed by atoms with Gasteiger partial charge in [-0.2, -0.15) is 13.5 Å². The molecule has 6 rings (SSSR count). The van der Waals surface area contributed by atoms with E-state index in [1.807, 2.05) is 0 Å². The second kappa shape index (κ2) is 11.7. The zero-order valence-corrected chi connectivity index (χ0v) is 23.2. The SMILES string of the molecule is O=C1OCC(c2ccc(F)c(F)c2)N1CCCCCCN1CCC2(CC1)c1ccccc1-c1ccccc12.S. The Hall–Kier alpha value is -2.90. The Bertz CT molecular complexity index is 1280. The van der Waals surface area contributed by atoms with Crippen LogP contribution in [0.15, 0.2) is 66.7 Å². The van der Waals surface area contributed by atoms with E-state index in [1.54, 1.807) is 4.90 Å². The minimum Gasteiger partial charge on any atom is -0.447 e. The smallest absolute Gasteiger partial charge is 0.410 e. The molecule has 2 fully saturated rings. The molecule has 206 valence electrons. The molecule has 3 aromatic rings. The van der Waals surface area contributed by atoms with Crippen LogP contribution < -0.4 is 0 Å². The number of carbonyl (C=O) groups is 1. The van der Waals surface area contributed by atoms with Gasteiger partial charge in [0.05, 0.1) is 6.04 Å². The van der Waals surface area contributed by atoms with Crippen molar-refractivity contribution in [3.63, 3.8) is 0 Å². The Morgan fingerprint density at radius 2 is 1.41 bits per heavy atom. The molecule has 2 aliphatic heterocycles. The molecule has 3 aliphatic rings. The van der Waals surface area contributed by atoms with Gasteiger partial charge < -0.3 is 9.64 Å². The molecule has 0 N–H and O–H groups in total. The number of benzene rings is 3. The number of amides is 1. The lowest BCUT2D eigenvalue weighted by atomic mass is 9.71. The molecule has 1 spiro atoms. The Morgan fingerprint density at radius 1 is 0.795 bits per heavy atom. The summed E-state index contributed by atoms with van der Waals surface area (Å²) in [4.78, 5) is 16.5. The summed E-state index contributed by atoms with van der Waals surface area (Å²) in [5, 5.41) is 0. The van der Waals surface area contributed by atoms with Crippen LogP contribution in [-0.2, 0) is 10.2 Å². The number of ether oxygens (including phenoxy) is 1. The highest BCUT2D eigenvalue weighted by Gasteiger charge is 2.44. The number of likely N-dealkylation sites (tertiary alicyclic amines) is 1. The molecule has 2 heterocycles. The van der Waals surface area contributed by atoms with Crippen molar-refractivity contribution < 1.29 is 18.3 Å². The van der Waals surface area contributed by atoms with Gasteiger partial charge in [-0.15, -0.1) is 0 Å². The van der Waals surface area contributed by atoms with Crippen molar-refractivity contribution >= 4 is 19.6 Å². The second-order valence-corrected chi connectivity index (χ2v) is 10.9. The monoisotopic (exact) mass is 550 g/mol. The number of hydrogen-bond acceptors (Lipinski definition) is 3. The number of unbranched alkanes of at least 4 members (excludes halogenated alkanes) is 3. The Kier molecular flexibility index (Phi) is 8.29. The van der Waals surface area contributed by atoms with Gasteiger partial charge in [0, 0.05) is 12.0 Å². The fourth-order valence-corrected chi connectivity index (χ4v) is 6.78. The summed E-state index contributed by atoms with van der Waals surface area (Å²) in [7, 11) is 0. The second-order valence-electron chi connectivity index (χ2n) is 10.9. The summed E-state index contributed by atoms with van der Waals surface area (Å²) in [6, 6.07) is 21.3. The Morgan fingerprint density at radius 3 is 2.05 bits per heavy atom. The lowest BCUT2D eigenvalue weighted by molar-refractivity contribution is 0.157. The van der Waals surface area contributed by atoms with Gasteiger partial charge in [-0.1, -0.05) is 67.4 Å². The third-order valence-corrected chi connectivity index (χ3v) is 8.81. The van der Waals surface area contributed by atoms with Crippen LogP contribution in [0.2, 0.25) is 0 Å². The Balaban J connectivity index is 0.00000308. The van der Waals surface area contributed by atoms with E-state index in [2.05, 4.69) is 53.4 Å². The molecule has 0 bridgehead atoms. The quantitative estimate of drug-likeness (QED) is 0.278. The molecule has 39 heavy (non-hydrogen) atoms. The van der Waals surface area contributed by atoms with Crippen LogP contribution in [0.4, 0.5) is 13.6 Å². The molecule has 0 radical (unpaired) electrons. The van der Waals surface area contributed by atoms with Crippen LogP contribution in [0.25, 0.3) is 11.1 Å². The average Bonchev–Trinajstić information content (AvgIpc) is 3.44. The van der Waals surface area contributed by atoms with E-state index in [0.29, 0.717) is 12.1 Å². The van der Waals surface area contributed by atoms with E-state index < -0.39 is 11.6 Å². The normalized spacial score (nSPS) is 19.5. The number of fused-ring (bicyclic) bond motifs is 5. The maximum Gasteiger partial charge on any atom is 0.410 e. The fraction of sp³-hybridized carbons (Fsp3) is 0.406. The molecule has 1 atom stereocenters. The molecular weight excluding hydrogens is 514 g/mol. The first-order valence-corrected chi connectivity index (χ1v) is 13.9. The fourth-order valence-electron chi connectivity index (χ4n) is 6.78.